The summed E-state index contributed by atoms with van der Waals surface area (Å²) in [6.07, 6.45) is 1.62. The number of rotatable bonds is 7. The zero-order chi connectivity index (χ0) is 25.2. The summed E-state index contributed by atoms with van der Waals surface area (Å²) < 4.78 is 35.1. The minimum atomic E-state index is -0.427. The first-order valence-corrected chi connectivity index (χ1v) is 12.0. The molecule has 0 saturated carbocycles. The Morgan fingerprint density at radius 1 is 1.06 bits per heavy atom. The monoisotopic (exact) mass is 527 g/mol. The number of imide groups is 1. The second kappa shape index (κ2) is 10.1. The van der Waals surface area contributed by atoms with Crippen LogP contribution in [0.1, 0.15) is 16.7 Å². The van der Waals surface area contributed by atoms with Crippen LogP contribution in [0.2, 0.25) is 5.02 Å². The minimum absolute atomic E-state index is 0.00607. The Kier molecular flexibility index (Phi) is 6.75. The molecule has 1 saturated heterocycles. The van der Waals surface area contributed by atoms with Gasteiger partial charge in [0.25, 0.3) is 11.1 Å². The average Bonchev–Trinajstić information content (AvgIpc) is 3.43. The van der Waals surface area contributed by atoms with Crippen molar-refractivity contribution in [2.24, 2.45) is 0 Å². The summed E-state index contributed by atoms with van der Waals surface area (Å²) >= 11 is 7.17. The standard InChI is InChI=1S/C26H19ClFNO6S/c1-32-20-7-4-16(8-21(20)33-13-15-2-5-18(28)6-3-15)9-24-25(30)29(26(31)36-24)12-17-10-22-23(11-19(17)27)35-14-34-22/h2-11H,12-14H2,1H3/b24-9-. The van der Waals surface area contributed by atoms with Crippen molar-refractivity contribution in [3.8, 4) is 23.0 Å². The van der Waals surface area contributed by atoms with E-state index in [0.29, 0.717) is 39.1 Å². The quantitative estimate of drug-likeness (QED) is 0.347. The number of methoxy groups -OCH3 is 1. The first kappa shape index (κ1) is 24.0. The fraction of sp³-hybridized carbons (Fsp3) is 0.154. The number of halogens is 2. The number of ether oxygens (including phenoxy) is 4. The molecule has 2 amide bonds. The SMILES string of the molecule is COc1ccc(/C=C2\SC(=O)N(Cc3cc4c(cc3Cl)OCO4)C2=O)cc1OCc1ccc(F)cc1. The van der Waals surface area contributed by atoms with E-state index in [2.05, 4.69) is 0 Å². The normalized spacial score (nSPS) is 15.6. The fourth-order valence-corrected chi connectivity index (χ4v) is 4.73. The van der Waals surface area contributed by atoms with Crippen LogP contribution in [0, 0.1) is 5.82 Å². The van der Waals surface area contributed by atoms with E-state index in [0.717, 1.165) is 22.2 Å². The van der Waals surface area contributed by atoms with Crippen LogP contribution in [-0.2, 0) is 17.9 Å². The van der Waals surface area contributed by atoms with Crippen LogP contribution >= 0.6 is 23.4 Å². The summed E-state index contributed by atoms with van der Waals surface area (Å²) in [6, 6.07) is 14.4. The summed E-state index contributed by atoms with van der Waals surface area (Å²) in [5.41, 5.74) is 2.01. The van der Waals surface area contributed by atoms with Gasteiger partial charge in [0, 0.05) is 11.1 Å². The molecule has 36 heavy (non-hydrogen) atoms. The van der Waals surface area contributed by atoms with E-state index in [-0.39, 0.29) is 30.7 Å². The number of fused-ring (bicyclic) bond motifs is 1. The molecule has 3 aromatic carbocycles. The van der Waals surface area contributed by atoms with Gasteiger partial charge in [-0.05, 0) is 64.9 Å². The lowest BCUT2D eigenvalue weighted by Gasteiger charge is -2.14. The van der Waals surface area contributed by atoms with Crippen molar-refractivity contribution in [2.75, 3.05) is 13.9 Å². The zero-order valence-corrected chi connectivity index (χ0v) is 20.5. The predicted molar refractivity (Wildman–Crippen MR) is 133 cm³/mol. The van der Waals surface area contributed by atoms with Gasteiger partial charge in [-0.25, -0.2) is 4.39 Å². The van der Waals surface area contributed by atoms with Crippen molar-refractivity contribution in [3.63, 3.8) is 0 Å². The summed E-state index contributed by atoms with van der Waals surface area (Å²) in [7, 11) is 1.52. The first-order chi connectivity index (χ1) is 17.4. The molecule has 0 bridgehead atoms. The Bertz CT molecular complexity index is 1380. The molecule has 2 heterocycles. The Morgan fingerprint density at radius 2 is 1.81 bits per heavy atom. The van der Waals surface area contributed by atoms with E-state index in [1.807, 2.05) is 0 Å². The van der Waals surface area contributed by atoms with Gasteiger partial charge in [0.05, 0.1) is 18.6 Å². The van der Waals surface area contributed by atoms with E-state index < -0.39 is 11.1 Å². The maximum Gasteiger partial charge on any atom is 0.293 e. The summed E-state index contributed by atoms with van der Waals surface area (Å²) in [5, 5.41) is -0.0262. The highest BCUT2D eigenvalue weighted by atomic mass is 35.5. The molecule has 3 aromatic rings. The Hall–Kier alpha value is -3.69. The van der Waals surface area contributed by atoms with E-state index >= 15 is 0 Å². The Morgan fingerprint density at radius 3 is 2.56 bits per heavy atom. The highest BCUT2D eigenvalue weighted by Gasteiger charge is 2.35. The fourth-order valence-electron chi connectivity index (χ4n) is 3.68. The van der Waals surface area contributed by atoms with E-state index in [9.17, 15) is 14.0 Å². The lowest BCUT2D eigenvalue weighted by Crippen LogP contribution is -2.27. The zero-order valence-electron chi connectivity index (χ0n) is 19.0. The van der Waals surface area contributed by atoms with Gasteiger partial charge < -0.3 is 18.9 Å². The molecule has 0 aromatic heterocycles. The lowest BCUT2D eigenvalue weighted by molar-refractivity contribution is -0.123. The molecule has 2 aliphatic heterocycles. The number of nitrogens with zero attached hydrogens (tertiary/aromatic N) is 1. The van der Waals surface area contributed by atoms with Gasteiger partial charge in [-0.3, -0.25) is 14.5 Å². The highest BCUT2D eigenvalue weighted by Crippen LogP contribution is 2.40. The van der Waals surface area contributed by atoms with Crippen molar-refractivity contribution in [2.45, 2.75) is 13.2 Å². The van der Waals surface area contributed by atoms with Crippen LogP contribution in [-0.4, -0.2) is 29.9 Å². The summed E-state index contributed by atoms with van der Waals surface area (Å²) in [4.78, 5) is 27.1. The van der Waals surface area contributed by atoms with Crippen LogP contribution in [0.5, 0.6) is 23.0 Å². The molecule has 10 heteroatoms. The van der Waals surface area contributed by atoms with E-state index in [1.54, 1.807) is 48.5 Å². The molecule has 0 radical (unpaired) electrons. The predicted octanol–water partition coefficient (Wildman–Crippen LogP) is 6.03. The van der Waals surface area contributed by atoms with Crippen molar-refractivity contribution in [3.05, 3.63) is 87.0 Å². The molecule has 7 nitrogen and oxygen atoms in total. The number of carbonyl (C=O) groups excluding carboxylic acids is 2. The molecule has 0 unspecified atom stereocenters. The third-order valence-electron chi connectivity index (χ3n) is 5.54. The molecular weight excluding hydrogens is 509 g/mol. The minimum Gasteiger partial charge on any atom is -0.493 e. The summed E-state index contributed by atoms with van der Waals surface area (Å²) in [5.74, 6) is 1.23. The molecule has 2 aliphatic rings. The Labute approximate surface area is 215 Å². The molecule has 0 aliphatic carbocycles. The number of hydrogen-bond donors (Lipinski definition) is 0. The molecular formula is C26H19ClFNO6S. The van der Waals surface area contributed by atoms with Crippen LogP contribution in [0.25, 0.3) is 6.08 Å². The van der Waals surface area contributed by atoms with Crippen LogP contribution in [0.4, 0.5) is 9.18 Å². The third-order valence-corrected chi connectivity index (χ3v) is 6.80. The van der Waals surface area contributed by atoms with Crippen molar-refractivity contribution in [1.29, 1.82) is 0 Å². The van der Waals surface area contributed by atoms with Gasteiger partial charge in [0.15, 0.2) is 23.0 Å². The average molecular weight is 528 g/mol. The van der Waals surface area contributed by atoms with Crippen LogP contribution in [0.3, 0.4) is 0 Å². The third kappa shape index (κ3) is 4.98. The van der Waals surface area contributed by atoms with Gasteiger partial charge in [-0.1, -0.05) is 29.8 Å². The molecule has 1 fully saturated rings. The molecule has 0 N–H and O–H groups in total. The van der Waals surface area contributed by atoms with Crippen LogP contribution < -0.4 is 18.9 Å². The number of thioether (sulfide) groups is 1. The second-order valence-electron chi connectivity index (χ2n) is 7.89. The molecule has 5 rings (SSSR count). The van der Waals surface area contributed by atoms with Gasteiger partial charge in [-0.2, -0.15) is 0 Å². The van der Waals surface area contributed by atoms with Crippen molar-refractivity contribution in [1.82, 2.24) is 4.90 Å². The Balaban J connectivity index is 1.33. The number of hydrogen-bond acceptors (Lipinski definition) is 7. The molecule has 184 valence electrons. The van der Waals surface area contributed by atoms with Crippen LogP contribution in [0.15, 0.2) is 59.5 Å². The topological polar surface area (TPSA) is 74.3 Å². The molecule has 0 atom stereocenters. The maximum absolute atomic E-state index is 13.2. The number of amides is 2. The lowest BCUT2D eigenvalue weighted by atomic mass is 10.1. The van der Waals surface area contributed by atoms with Gasteiger partial charge in [0.2, 0.25) is 6.79 Å². The van der Waals surface area contributed by atoms with E-state index in [4.69, 9.17) is 30.5 Å². The van der Waals surface area contributed by atoms with Crippen molar-refractivity contribution >= 4 is 40.6 Å². The largest absolute Gasteiger partial charge is 0.493 e. The number of carbonyl (C=O) groups is 2. The van der Waals surface area contributed by atoms with E-state index in [1.165, 1.54) is 19.2 Å². The van der Waals surface area contributed by atoms with Gasteiger partial charge in [-0.15, -0.1) is 0 Å². The smallest absolute Gasteiger partial charge is 0.293 e. The number of benzene rings is 3. The summed E-state index contributed by atoms with van der Waals surface area (Å²) in [6.45, 7) is 0.302. The maximum atomic E-state index is 13.2. The van der Waals surface area contributed by atoms with Gasteiger partial charge in [0.1, 0.15) is 12.4 Å². The van der Waals surface area contributed by atoms with Gasteiger partial charge >= 0.3 is 0 Å². The first-order valence-electron chi connectivity index (χ1n) is 10.8. The second-order valence-corrected chi connectivity index (χ2v) is 9.29. The molecule has 0 spiro atoms. The highest BCUT2D eigenvalue weighted by molar-refractivity contribution is 8.18. The van der Waals surface area contributed by atoms with Crippen molar-refractivity contribution < 1.29 is 32.9 Å².